The quantitative estimate of drug-likeness (QED) is 0.594. The zero-order valence-electron chi connectivity index (χ0n) is 13.2. The fraction of sp³-hybridized carbons (Fsp3) is 0.118. The number of H-pyrrole nitrogens is 1. The van der Waals surface area contributed by atoms with E-state index in [0.29, 0.717) is 32.7 Å². The second-order valence-electron chi connectivity index (χ2n) is 5.65. The minimum Gasteiger partial charge on any atom is -0.369 e. The molecule has 0 aliphatic carbocycles. The maximum Gasteiger partial charge on any atom is 0.333 e. The molecular formula is C17H14F2N6. The summed E-state index contributed by atoms with van der Waals surface area (Å²) in [4.78, 5) is 11.9. The van der Waals surface area contributed by atoms with Crippen LogP contribution in [0.5, 0.6) is 0 Å². The molecule has 4 aromatic rings. The van der Waals surface area contributed by atoms with Crippen molar-refractivity contribution >= 4 is 16.9 Å². The minimum absolute atomic E-state index is 0.261. The standard InChI is InChI=1S/C17H14F2N6/c1-9-3-2-4-12(22-9)15-14(23-17(20)24-15)10-5-6-13-11(7-10)8-21-25(13)16(18)19/h2-8,16H,1H3,(H3,20,23,24). The lowest BCUT2D eigenvalue weighted by atomic mass is 10.1. The average molecular weight is 340 g/mol. The van der Waals surface area contributed by atoms with E-state index in [-0.39, 0.29) is 5.95 Å². The van der Waals surface area contributed by atoms with Crippen LogP contribution < -0.4 is 5.73 Å². The molecule has 0 unspecified atom stereocenters. The Hall–Kier alpha value is -3.29. The number of alkyl halides is 2. The van der Waals surface area contributed by atoms with E-state index < -0.39 is 6.55 Å². The monoisotopic (exact) mass is 340 g/mol. The lowest BCUT2D eigenvalue weighted by Crippen LogP contribution is -1.99. The first-order valence-corrected chi connectivity index (χ1v) is 7.58. The molecule has 0 spiro atoms. The van der Waals surface area contributed by atoms with Crippen molar-refractivity contribution in [1.29, 1.82) is 0 Å². The SMILES string of the molecule is Cc1cccc(-c2[nH]c(N)nc2-c2ccc3c(cnn3C(F)F)c2)n1. The Labute approximate surface area is 141 Å². The van der Waals surface area contributed by atoms with Crippen molar-refractivity contribution in [3.05, 3.63) is 48.3 Å². The van der Waals surface area contributed by atoms with Crippen molar-refractivity contribution in [2.75, 3.05) is 5.73 Å². The van der Waals surface area contributed by atoms with Crippen LogP contribution in [-0.2, 0) is 0 Å². The Morgan fingerprint density at radius 1 is 1.16 bits per heavy atom. The van der Waals surface area contributed by atoms with E-state index in [1.807, 2.05) is 25.1 Å². The van der Waals surface area contributed by atoms with Crippen LogP contribution in [0.1, 0.15) is 12.2 Å². The molecule has 0 fully saturated rings. The molecule has 25 heavy (non-hydrogen) atoms. The number of imidazole rings is 1. The Bertz CT molecular complexity index is 1070. The van der Waals surface area contributed by atoms with Gasteiger partial charge in [0.25, 0.3) is 0 Å². The highest BCUT2D eigenvalue weighted by atomic mass is 19.3. The molecule has 6 nitrogen and oxygen atoms in total. The molecule has 3 aromatic heterocycles. The van der Waals surface area contributed by atoms with Gasteiger partial charge in [0, 0.05) is 16.6 Å². The third kappa shape index (κ3) is 2.61. The number of halogens is 2. The number of nitrogen functional groups attached to an aromatic ring is 1. The Kier molecular flexibility index (Phi) is 3.45. The predicted octanol–water partition coefficient (Wildman–Crippen LogP) is 3.77. The lowest BCUT2D eigenvalue weighted by molar-refractivity contribution is 0.0615. The summed E-state index contributed by atoms with van der Waals surface area (Å²) in [7, 11) is 0. The molecule has 0 aliphatic heterocycles. The number of hydrogen-bond donors (Lipinski definition) is 2. The molecule has 126 valence electrons. The Morgan fingerprint density at radius 2 is 2.00 bits per heavy atom. The molecule has 4 rings (SSSR count). The molecule has 0 bridgehead atoms. The van der Waals surface area contributed by atoms with Gasteiger partial charge in [-0.2, -0.15) is 13.9 Å². The van der Waals surface area contributed by atoms with Crippen LogP contribution in [0.25, 0.3) is 33.5 Å². The second kappa shape index (κ2) is 5.66. The third-order valence-corrected chi connectivity index (χ3v) is 3.92. The van der Waals surface area contributed by atoms with Gasteiger partial charge in [-0.1, -0.05) is 12.1 Å². The number of rotatable bonds is 3. The summed E-state index contributed by atoms with van der Waals surface area (Å²) >= 11 is 0. The van der Waals surface area contributed by atoms with Crippen molar-refractivity contribution < 1.29 is 8.78 Å². The van der Waals surface area contributed by atoms with Crippen LogP contribution in [0, 0.1) is 6.92 Å². The van der Waals surface area contributed by atoms with E-state index >= 15 is 0 Å². The molecule has 0 atom stereocenters. The van der Waals surface area contributed by atoms with Crippen LogP contribution in [0.2, 0.25) is 0 Å². The van der Waals surface area contributed by atoms with E-state index in [1.165, 1.54) is 6.20 Å². The van der Waals surface area contributed by atoms with Crippen molar-refractivity contribution in [1.82, 2.24) is 24.7 Å². The normalized spacial score (nSPS) is 11.5. The maximum absolute atomic E-state index is 12.9. The summed E-state index contributed by atoms with van der Waals surface area (Å²) in [6.07, 6.45) is 1.41. The summed E-state index contributed by atoms with van der Waals surface area (Å²) < 4.78 is 26.6. The molecule has 0 saturated carbocycles. The Balaban J connectivity index is 1.86. The minimum atomic E-state index is -2.68. The molecule has 0 aliphatic rings. The largest absolute Gasteiger partial charge is 0.369 e. The number of hydrogen-bond acceptors (Lipinski definition) is 4. The van der Waals surface area contributed by atoms with Crippen molar-refractivity contribution in [3.63, 3.8) is 0 Å². The van der Waals surface area contributed by atoms with Gasteiger partial charge in [-0.3, -0.25) is 4.98 Å². The number of aromatic amines is 1. The zero-order valence-corrected chi connectivity index (χ0v) is 13.2. The molecule has 8 heteroatoms. The highest BCUT2D eigenvalue weighted by Gasteiger charge is 2.17. The molecule has 3 heterocycles. The van der Waals surface area contributed by atoms with Crippen LogP contribution in [0.15, 0.2) is 42.6 Å². The maximum atomic E-state index is 12.9. The van der Waals surface area contributed by atoms with Gasteiger partial charge in [-0.05, 0) is 31.2 Å². The van der Waals surface area contributed by atoms with Gasteiger partial charge in [-0.25, -0.2) is 9.67 Å². The van der Waals surface area contributed by atoms with Crippen molar-refractivity contribution in [2.45, 2.75) is 13.5 Å². The van der Waals surface area contributed by atoms with E-state index in [0.717, 1.165) is 11.3 Å². The fourth-order valence-electron chi connectivity index (χ4n) is 2.82. The number of aromatic nitrogens is 5. The summed E-state index contributed by atoms with van der Waals surface area (Å²) in [5.74, 6) is 0.261. The lowest BCUT2D eigenvalue weighted by Gasteiger charge is -2.05. The smallest absolute Gasteiger partial charge is 0.333 e. The van der Waals surface area contributed by atoms with E-state index in [4.69, 9.17) is 5.73 Å². The Morgan fingerprint density at radius 3 is 2.76 bits per heavy atom. The molecular weight excluding hydrogens is 326 g/mol. The van der Waals surface area contributed by atoms with Crippen LogP contribution >= 0.6 is 0 Å². The number of benzene rings is 1. The third-order valence-electron chi connectivity index (χ3n) is 3.92. The summed E-state index contributed by atoms with van der Waals surface area (Å²) in [6, 6.07) is 10.7. The first kappa shape index (κ1) is 15.3. The van der Waals surface area contributed by atoms with Gasteiger partial charge in [0.05, 0.1) is 28.8 Å². The van der Waals surface area contributed by atoms with Gasteiger partial charge >= 0.3 is 6.55 Å². The number of aryl methyl sites for hydroxylation is 1. The zero-order chi connectivity index (χ0) is 17.6. The number of anilines is 1. The van der Waals surface area contributed by atoms with Crippen LogP contribution in [0.3, 0.4) is 0 Å². The number of nitrogens with one attached hydrogen (secondary N) is 1. The average Bonchev–Trinajstić information content (AvgIpc) is 3.17. The number of pyridine rings is 1. The number of nitrogens with zero attached hydrogens (tertiary/aromatic N) is 4. The molecule has 0 radical (unpaired) electrons. The summed E-state index contributed by atoms with van der Waals surface area (Å²) in [5.41, 5.74) is 9.81. The van der Waals surface area contributed by atoms with E-state index in [2.05, 4.69) is 20.1 Å². The van der Waals surface area contributed by atoms with Crippen LogP contribution in [0.4, 0.5) is 14.7 Å². The van der Waals surface area contributed by atoms with Gasteiger partial charge < -0.3 is 10.7 Å². The van der Waals surface area contributed by atoms with E-state index in [9.17, 15) is 8.78 Å². The number of fused-ring (bicyclic) bond motifs is 1. The predicted molar refractivity (Wildman–Crippen MR) is 90.9 cm³/mol. The molecule has 3 N–H and O–H groups in total. The fourth-order valence-corrected chi connectivity index (χ4v) is 2.82. The van der Waals surface area contributed by atoms with Gasteiger partial charge in [0.2, 0.25) is 0 Å². The topological polar surface area (TPSA) is 85.4 Å². The van der Waals surface area contributed by atoms with E-state index in [1.54, 1.807) is 18.2 Å². The first-order valence-electron chi connectivity index (χ1n) is 7.58. The number of nitrogens with two attached hydrogens (primary N) is 1. The van der Waals surface area contributed by atoms with Crippen molar-refractivity contribution in [2.24, 2.45) is 0 Å². The molecule has 0 amide bonds. The molecule has 0 saturated heterocycles. The van der Waals surface area contributed by atoms with Crippen LogP contribution in [-0.4, -0.2) is 24.7 Å². The van der Waals surface area contributed by atoms with Gasteiger partial charge in [0.15, 0.2) is 5.95 Å². The highest BCUT2D eigenvalue weighted by Crippen LogP contribution is 2.32. The molecule has 1 aromatic carbocycles. The summed E-state index contributed by atoms with van der Waals surface area (Å²) in [5, 5.41) is 4.33. The second-order valence-corrected chi connectivity index (χ2v) is 5.65. The van der Waals surface area contributed by atoms with Gasteiger partial charge in [0.1, 0.15) is 0 Å². The summed E-state index contributed by atoms with van der Waals surface area (Å²) in [6.45, 7) is -0.787. The van der Waals surface area contributed by atoms with Crippen molar-refractivity contribution in [3.8, 4) is 22.6 Å². The first-order chi connectivity index (χ1) is 12.0. The van der Waals surface area contributed by atoms with Gasteiger partial charge in [-0.15, -0.1) is 0 Å². The highest BCUT2D eigenvalue weighted by molar-refractivity contribution is 5.87.